The van der Waals surface area contributed by atoms with Gasteiger partial charge in [-0.25, -0.2) is 19.2 Å². The van der Waals surface area contributed by atoms with Crippen molar-refractivity contribution in [3.05, 3.63) is 88.7 Å². The van der Waals surface area contributed by atoms with E-state index in [1.807, 2.05) is 0 Å². The fourth-order valence-corrected chi connectivity index (χ4v) is 3.05. The van der Waals surface area contributed by atoms with Crippen LogP contribution in [0, 0.1) is 11.6 Å². The molecule has 0 saturated carbocycles. The Morgan fingerprint density at radius 2 is 1.62 bits per heavy atom. The van der Waals surface area contributed by atoms with Crippen LogP contribution >= 0.6 is 11.6 Å². The zero-order chi connectivity index (χ0) is 26.4. The monoisotopic (exact) mass is 535 g/mol. The highest BCUT2D eigenvalue weighted by Gasteiger charge is 2.30. The van der Waals surface area contributed by atoms with E-state index in [-0.39, 0.29) is 24.3 Å². The minimum Gasteiger partial charge on any atom is -0.406 e. The third-order valence-corrected chi connectivity index (χ3v) is 4.78. The van der Waals surface area contributed by atoms with E-state index in [9.17, 15) is 22.0 Å². The summed E-state index contributed by atoms with van der Waals surface area (Å²) in [6.07, 6.45) is -2.00. The number of hydrogen-bond acceptors (Lipinski definition) is 8. The maximum atomic E-state index is 14.4. The molecule has 0 bridgehead atoms. The number of anilines is 2. The maximum Gasteiger partial charge on any atom is 0.573 e. The molecule has 2 aromatic heterocycles. The summed E-state index contributed by atoms with van der Waals surface area (Å²) in [5.74, 6) is -2.62. The van der Waals surface area contributed by atoms with Crippen LogP contribution in [0.1, 0.15) is 11.1 Å². The van der Waals surface area contributed by atoms with Crippen molar-refractivity contribution in [3.8, 4) is 17.1 Å². The van der Waals surface area contributed by atoms with Crippen molar-refractivity contribution >= 4 is 29.7 Å². The topological polar surface area (TPSA) is 97.2 Å². The van der Waals surface area contributed by atoms with Gasteiger partial charge in [-0.2, -0.15) is 20.1 Å². The molecule has 0 unspecified atom stereocenters. The molecule has 0 atom stereocenters. The van der Waals surface area contributed by atoms with Gasteiger partial charge >= 0.3 is 6.36 Å². The average molecular weight is 536 g/mol. The van der Waals surface area contributed by atoms with Crippen LogP contribution in [0.4, 0.5) is 33.8 Å². The summed E-state index contributed by atoms with van der Waals surface area (Å²) in [6, 6.07) is 11.6. The Kier molecular flexibility index (Phi) is 7.72. The first-order chi connectivity index (χ1) is 17.7. The van der Waals surface area contributed by atoms with Gasteiger partial charge in [0, 0.05) is 12.7 Å². The normalized spacial score (nSPS) is 11.5. The van der Waals surface area contributed by atoms with E-state index in [0.717, 1.165) is 29.8 Å². The van der Waals surface area contributed by atoms with Gasteiger partial charge in [-0.05, 0) is 53.6 Å². The summed E-state index contributed by atoms with van der Waals surface area (Å²) < 4.78 is 69.5. The number of pyridine rings is 1. The minimum atomic E-state index is -4.80. The van der Waals surface area contributed by atoms with Crippen LogP contribution in [0.5, 0.6) is 5.75 Å². The molecular weight excluding hydrogens is 521 g/mol. The molecular formula is C23H15ClF5N7O. The second-order valence-corrected chi connectivity index (χ2v) is 7.62. The van der Waals surface area contributed by atoms with Crippen molar-refractivity contribution in [2.24, 2.45) is 5.10 Å². The van der Waals surface area contributed by atoms with E-state index in [0.29, 0.717) is 10.7 Å². The number of ether oxygens (including phenoxy) is 1. The summed E-state index contributed by atoms with van der Waals surface area (Å²) in [6.45, 7) is 0.211. The van der Waals surface area contributed by atoms with E-state index < -0.39 is 29.3 Å². The highest BCUT2D eigenvalue weighted by molar-refractivity contribution is 6.29. The fourth-order valence-electron chi connectivity index (χ4n) is 2.94. The van der Waals surface area contributed by atoms with Gasteiger partial charge in [0.2, 0.25) is 11.9 Å². The van der Waals surface area contributed by atoms with Crippen LogP contribution in [-0.2, 0) is 6.54 Å². The quantitative estimate of drug-likeness (QED) is 0.127. The maximum absolute atomic E-state index is 14.4. The Bertz CT molecular complexity index is 1380. The van der Waals surface area contributed by atoms with Gasteiger partial charge in [0.05, 0.1) is 11.8 Å². The second-order valence-electron chi connectivity index (χ2n) is 7.23. The molecule has 2 aromatic carbocycles. The number of rotatable bonds is 8. The lowest BCUT2D eigenvalue weighted by molar-refractivity contribution is -0.274. The van der Waals surface area contributed by atoms with Crippen molar-refractivity contribution in [2.45, 2.75) is 12.9 Å². The second kappa shape index (κ2) is 11.1. The molecule has 0 amide bonds. The number of benzene rings is 2. The Hall–Kier alpha value is -4.39. The molecule has 0 aliphatic carbocycles. The number of hydrogen-bond donors (Lipinski definition) is 2. The van der Waals surface area contributed by atoms with E-state index in [2.05, 4.69) is 40.5 Å². The molecule has 190 valence electrons. The molecule has 0 aliphatic heterocycles. The van der Waals surface area contributed by atoms with Crippen LogP contribution in [-0.4, -0.2) is 32.5 Å². The first-order valence-corrected chi connectivity index (χ1v) is 10.7. The molecule has 0 radical (unpaired) electrons. The van der Waals surface area contributed by atoms with Gasteiger partial charge < -0.3 is 10.1 Å². The molecule has 2 N–H and O–H groups in total. The average Bonchev–Trinajstić information content (AvgIpc) is 2.84. The first-order valence-electron chi connectivity index (χ1n) is 10.4. The zero-order valence-corrected chi connectivity index (χ0v) is 19.2. The molecule has 8 nitrogen and oxygen atoms in total. The van der Waals surface area contributed by atoms with Crippen molar-refractivity contribution < 1.29 is 26.7 Å². The molecule has 14 heteroatoms. The highest BCUT2D eigenvalue weighted by atomic mass is 35.5. The number of alkyl halides is 3. The standard InChI is InChI=1S/C23H15ClF5N7O/c24-18-9-6-14(10-30-18)11-31-21-33-20(19-16(25)2-1-3-17(19)26)34-22(35-21)36-32-12-13-4-7-15(8-5-13)37-23(27,28)29/h1-10,12H,11H2,(H2,31,33,34,35,36). The van der Waals surface area contributed by atoms with Crippen LogP contribution in [0.3, 0.4) is 0 Å². The molecule has 0 aliphatic rings. The van der Waals surface area contributed by atoms with Gasteiger partial charge in [0.1, 0.15) is 22.5 Å². The lowest BCUT2D eigenvalue weighted by atomic mass is 10.2. The third-order valence-electron chi connectivity index (χ3n) is 4.55. The Balaban J connectivity index is 1.56. The Labute approximate surface area is 211 Å². The predicted octanol–water partition coefficient (Wildman–Crippen LogP) is 5.82. The summed E-state index contributed by atoms with van der Waals surface area (Å²) >= 11 is 5.79. The molecule has 0 saturated heterocycles. The van der Waals surface area contributed by atoms with Gasteiger partial charge in [-0.1, -0.05) is 23.7 Å². The fraction of sp³-hybridized carbons (Fsp3) is 0.0870. The van der Waals surface area contributed by atoms with E-state index in [4.69, 9.17) is 11.6 Å². The summed E-state index contributed by atoms with van der Waals surface area (Å²) in [5, 5.41) is 7.16. The first kappa shape index (κ1) is 25.7. The lowest BCUT2D eigenvalue weighted by Crippen LogP contribution is -2.17. The number of aromatic nitrogens is 4. The Morgan fingerprint density at radius 1 is 0.919 bits per heavy atom. The molecule has 0 spiro atoms. The van der Waals surface area contributed by atoms with Gasteiger partial charge in [-0.15, -0.1) is 13.2 Å². The van der Waals surface area contributed by atoms with E-state index in [1.165, 1.54) is 30.6 Å². The summed E-state index contributed by atoms with van der Waals surface area (Å²) in [5.41, 5.74) is 3.21. The summed E-state index contributed by atoms with van der Waals surface area (Å²) in [4.78, 5) is 16.3. The van der Waals surface area contributed by atoms with Crippen molar-refractivity contribution in [2.75, 3.05) is 10.7 Å². The van der Waals surface area contributed by atoms with Crippen LogP contribution in [0.25, 0.3) is 11.4 Å². The lowest BCUT2D eigenvalue weighted by Gasteiger charge is -2.10. The van der Waals surface area contributed by atoms with Crippen LogP contribution in [0.15, 0.2) is 65.9 Å². The molecule has 4 rings (SSSR count). The minimum absolute atomic E-state index is 0.0195. The number of halogens is 6. The predicted molar refractivity (Wildman–Crippen MR) is 126 cm³/mol. The van der Waals surface area contributed by atoms with Gasteiger partial charge in [0.25, 0.3) is 0 Å². The SMILES string of the molecule is Fc1cccc(F)c1-c1nc(NCc2ccc(Cl)nc2)nc(NN=Cc2ccc(OC(F)(F)F)cc2)n1. The zero-order valence-electron chi connectivity index (χ0n) is 18.5. The van der Waals surface area contributed by atoms with Crippen LogP contribution in [0.2, 0.25) is 5.15 Å². The smallest absolute Gasteiger partial charge is 0.406 e. The number of nitrogens with one attached hydrogen (secondary N) is 2. The molecule has 37 heavy (non-hydrogen) atoms. The van der Waals surface area contributed by atoms with Crippen LogP contribution < -0.4 is 15.5 Å². The van der Waals surface area contributed by atoms with Gasteiger partial charge in [-0.3, -0.25) is 0 Å². The number of nitrogens with zero attached hydrogens (tertiary/aromatic N) is 5. The summed E-state index contributed by atoms with van der Waals surface area (Å²) in [7, 11) is 0. The largest absolute Gasteiger partial charge is 0.573 e. The molecule has 4 aromatic rings. The Morgan fingerprint density at radius 3 is 2.27 bits per heavy atom. The molecule has 2 heterocycles. The van der Waals surface area contributed by atoms with Gasteiger partial charge in [0.15, 0.2) is 5.82 Å². The third kappa shape index (κ3) is 7.30. The highest BCUT2D eigenvalue weighted by Crippen LogP contribution is 2.25. The molecule has 0 fully saturated rings. The van der Waals surface area contributed by atoms with Crippen molar-refractivity contribution in [3.63, 3.8) is 0 Å². The van der Waals surface area contributed by atoms with E-state index in [1.54, 1.807) is 12.1 Å². The van der Waals surface area contributed by atoms with Crippen molar-refractivity contribution in [1.82, 2.24) is 19.9 Å². The van der Waals surface area contributed by atoms with E-state index >= 15 is 0 Å². The number of hydrazone groups is 1. The van der Waals surface area contributed by atoms with Crippen molar-refractivity contribution in [1.29, 1.82) is 0 Å².